The van der Waals surface area contributed by atoms with Crippen molar-refractivity contribution in [1.29, 1.82) is 0 Å². The lowest BCUT2D eigenvalue weighted by Crippen LogP contribution is -2.21. The second kappa shape index (κ2) is 4.78. The predicted molar refractivity (Wildman–Crippen MR) is 68.1 cm³/mol. The number of hydrogen-bond donors (Lipinski definition) is 2. The SMILES string of the molecule is NCC(O)c1c2c(cc3c1OCCC3)OCCC2. The van der Waals surface area contributed by atoms with Crippen molar-refractivity contribution in [3.05, 3.63) is 22.8 Å². The Morgan fingerprint density at radius 1 is 1.22 bits per heavy atom. The van der Waals surface area contributed by atoms with Gasteiger partial charge in [-0.1, -0.05) is 0 Å². The number of rotatable bonds is 2. The van der Waals surface area contributed by atoms with Crippen LogP contribution >= 0.6 is 0 Å². The molecule has 1 aromatic rings. The van der Waals surface area contributed by atoms with Gasteiger partial charge in [0.15, 0.2) is 0 Å². The number of ether oxygens (including phenoxy) is 2. The number of nitrogens with two attached hydrogens (primary N) is 1. The van der Waals surface area contributed by atoms with Crippen LogP contribution in [0, 0.1) is 0 Å². The van der Waals surface area contributed by atoms with E-state index in [-0.39, 0.29) is 6.54 Å². The van der Waals surface area contributed by atoms with Crippen molar-refractivity contribution in [2.45, 2.75) is 31.8 Å². The van der Waals surface area contributed by atoms with E-state index in [4.69, 9.17) is 15.2 Å². The first-order chi connectivity index (χ1) is 8.81. The first kappa shape index (κ1) is 11.8. The van der Waals surface area contributed by atoms with Crippen molar-refractivity contribution in [3.63, 3.8) is 0 Å². The molecule has 1 aromatic carbocycles. The molecule has 98 valence electrons. The highest BCUT2D eigenvalue weighted by Gasteiger charge is 2.27. The van der Waals surface area contributed by atoms with E-state index in [1.807, 2.05) is 0 Å². The fraction of sp³-hybridized carbons (Fsp3) is 0.571. The van der Waals surface area contributed by atoms with Crippen LogP contribution in [-0.2, 0) is 12.8 Å². The van der Waals surface area contributed by atoms with E-state index in [2.05, 4.69) is 6.07 Å². The summed E-state index contributed by atoms with van der Waals surface area (Å²) in [6.07, 6.45) is 3.25. The molecular weight excluding hydrogens is 230 g/mol. The standard InChI is InChI=1S/C14H19NO3/c15-8-11(16)13-10-4-2-5-17-12(10)7-9-3-1-6-18-14(9)13/h7,11,16H,1-6,8,15H2. The summed E-state index contributed by atoms with van der Waals surface area (Å²) in [4.78, 5) is 0. The molecule has 0 aliphatic carbocycles. The first-order valence-corrected chi connectivity index (χ1v) is 6.63. The molecular formula is C14H19NO3. The van der Waals surface area contributed by atoms with Gasteiger partial charge in [0.25, 0.3) is 0 Å². The van der Waals surface area contributed by atoms with Crippen molar-refractivity contribution >= 4 is 0 Å². The van der Waals surface area contributed by atoms with Crippen molar-refractivity contribution in [3.8, 4) is 11.5 Å². The van der Waals surface area contributed by atoms with Crippen LogP contribution in [0.5, 0.6) is 11.5 Å². The van der Waals surface area contributed by atoms with Crippen molar-refractivity contribution < 1.29 is 14.6 Å². The number of benzene rings is 1. The van der Waals surface area contributed by atoms with Crippen LogP contribution < -0.4 is 15.2 Å². The third kappa shape index (κ3) is 1.85. The average molecular weight is 249 g/mol. The maximum absolute atomic E-state index is 10.2. The Morgan fingerprint density at radius 3 is 2.83 bits per heavy atom. The molecule has 4 nitrogen and oxygen atoms in total. The van der Waals surface area contributed by atoms with Crippen LogP contribution in [0.15, 0.2) is 6.07 Å². The molecule has 2 aliphatic rings. The van der Waals surface area contributed by atoms with Crippen LogP contribution in [-0.4, -0.2) is 24.9 Å². The summed E-state index contributed by atoms with van der Waals surface area (Å²) in [6, 6.07) is 2.08. The topological polar surface area (TPSA) is 64.7 Å². The third-order valence-electron chi connectivity index (χ3n) is 3.69. The van der Waals surface area contributed by atoms with Crippen LogP contribution in [0.25, 0.3) is 0 Å². The van der Waals surface area contributed by atoms with Crippen LogP contribution in [0.4, 0.5) is 0 Å². The average Bonchev–Trinajstić information content (AvgIpc) is 2.44. The van der Waals surface area contributed by atoms with Crippen molar-refractivity contribution in [1.82, 2.24) is 0 Å². The van der Waals surface area contributed by atoms with E-state index < -0.39 is 6.10 Å². The summed E-state index contributed by atoms with van der Waals surface area (Å²) in [6.45, 7) is 1.69. The van der Waals surface area contributed by atoms with Gasteiger partial charge in [-0.15, -0.1) is 0 Å². The zero-order chi connectivity index (χ0) is 12.5. The van der Waals surface area contributed by atoms with Gasteiger partial charge in [-0.05, 0) is 37.3 Å². The highest BCUT2D eigenvalue weighted by atomic mass is 16.5. The molecule has 1 unspecified atom stereocenters. The van der Waals surface area contributed by atoms with E-state index in [1.165, 1.54) is 0 Å². The summed E-state index contributed by atoms with van der Waals surface area (Å²) in [5.74, 6) is 1.76. The van der Waals surface area contributed by atoms with Gasteiger partial charge in [-0.2, -0.15) is 0 Å². The lowest BCUT2D eigenvalue weighted by Gasteiger charge is -2.29. The maximum Gasteiger partial charge on any atom is 0.128 e. The number of aryl methyl sites for hydroxylation is 1. The fourth-order valence-corrected chi connectivity index (χ4v) is 2.83. The minimum absolute atomic E-state index is 0.215. The molecule has 0 spiro atoms. The largest absolute Gasteiger partial charge is 0.493 e. The zero-order valence-electron chi connectivity index (χ0n) is 10.4. The van der Waals surface area contributed by atoms with Gasteiger partial charge in [0.2, 0.25) is 0 Å². The maximum atomic E-state index is 10.2. The van der Waals surface area contributed by atoms with Crippen LogP contribution in [0.3, 0.4) is 0 Å². The molecule has 0 amide bonds. The zero-order valence-corrected chi connectivity index (χ0v) is 10.4. The molecule has 1 atom stereocenters. The molecule has 0 radical (unpaired) electrons. The molecule has 4 heteroatoms. The van der Waals surface area contributed by atoms with Gasteiger partial charge in [0, 0.05) is 17.7 Å². The Labute approximate surface area is 107 Å². The Hall–Kier alpha value is -1.26. The molecule has 18 heavy (non-hydrogen) atoms. The van der Waals surface area contributed by atoms with Crippen LogP contribution in [0.1, 0.15) is 35.6 Å². The number of aliphatic hydroxyl groups is 1. The van der Waals surface area contributed by atoms with Gasteiger partial charge in [-0.25, -0.2) is 0 Å². The lowest BCUT2D eigenvalue weighted by atomic mass is 9.90. The van der Waals surface area contributed by atoms with Crippen molar-refractivity contribution in [2.24, 2.45) is 5.73 Å². The second-order valence-electron chi connectivity index (χ2n) is 4.91. The van der Waals surface area contributed by atoms with E-state index in [0.29, 0.717) is 0 Å². The summed E-state index contributed by atoms with van der Waals surface area (Å²) < 4.78 is 11.5. The predicted octanol–water partition coefficient (Wildman–Crippen LogP) is 1.33. The molecule has 3 rings (SSSR count). The van der Waals surface area contributed by atoms with E-state index in [0.717, 1.165) is 67.1 Å². The molecule has 2 aliphatic heterocycles. The van der Waals surface area contributed by atoms with Crippen LogP contribution in [0.2, 0.25) is 0 Å². The summed E-state index contributed by atoms with van der Waals surface area (Å²) >= 11 is 0. The van der Waals surface area contributed by atoms with E-state index >= 15 is 0 Å². The Balaban J connectivity index is 2.17. The highest BCUT2D eigenvalue weighted by molar-refractivity contribution is 5.56. The first-order valence-electron chi connectivity index (χ1n) is 6.63. The third-order valence-corrected chi connectivity index (χ3v) is 3.69. The highest BCUT2D eigenvalue weighted by Crippen LogP contribution is 2.42. The molecule has 2 heterocycles. The molecule has 0 aromatic heterocycles. The molecule has 3 N–H and O–H groups in total. The minimum atomic E-state index is -0.659. The second-order valence-corrected chi connectivity index (χ2v) is 4.91. The number of hydrogen-bond acceptors (Lipinski definition) is 4. The fourth-order valence-electron chi connectivity index (χ4n) is 2.83. The smallest absolute Gasteiger partial charge is 0.128 e. The summed E-state index contributed by atoms with van der Waals surface area (Å²) in [5, 5.41) is 10.2. The molecule has 0 saturated carbocycles. The molecule has 0 fully saturated rings. The quantitative estimate of drug-likeness (QED) is 0.830. The van der Waals surface area contributed by atoms with Gasteiger partial charge in [0.1, 0.15) is 11.5 Å². The normalized spacial score (nSPS) is 19.2. The lowest BCUT2D eigenvalue weighted by molar-refractivity contribution is 0.173. The van der Waals surface area contributed by atoms with E-state index in [1.54, 1.807) is 0 Å². The molecule has 0 bridgehead atoms. The Morgan fingerprint density at radius 2 is 2.00 bits per heavy atom. The van der Waals surface area contributed by atoms with Gasteiger partial charge < -0.3 is 20.3 Å². The van der Waals surface area contributed by atoms with Crippen molar-refractivity contribution in [2.75, 3.05) is 19.8 Å². The Bertz CT molecular complexity index is 425. The summed E-state index contributed by atoms with van der Waals surface area (Å²) in [7, 11) is 0. The van der Waals surface area contributed by atoms with Gasteiger partial charge >= 0.3 is 0 Å². The van der Waals surface area contributed by atoms with Gasteiger partial charge in [-0.3, -0.25) is 0 Å². The Kier molecular flexibility index (Phi) is 3.14. The number of aliphatic hydroxyl groups excluding tert-OH is 1. The summed E-state index contributed by atoms with van der Waals surface area (Å²) in [5.41, 5.74) is 8.72. The van der Waals surface area contributed by atoms with Gasteiger partial charge in [0.05, 0.1) is 19.3 Å². The minimum Gasteiger partial charge on any atom is -0.493 e. The molecule has 0 saturated heterocycles. The number of fused-ring (bicyclic) bond motifs is 2. The monoisotopic (exact) mass is 249 g/mol. The van der Waals surface area contributed by atoms with E-state index in [9.17, 15) is 5.11 Å².